The van der Waals surface area contributed by atoms with Gasteiger partial charge < -0.3 is 4.90 Å². The third-order valence-corrected chi connectivity index (χ3v) is 3.38. The van der Waals surface area contributed by atoms with E-state index >= 15 is 0 Å². The van der Waals surface area contributed by atoms with Crippen LogP contribution in [0.5, 0.6) is 0 Å². The zero-order valence-electron chi connectivity index (χ0n) is 11.4. The lowest BCUT2D eigenvalue weighted by Gasteiger charge is -2.27. The van der Waals surface area contributed by atoms with Crippen molar-refractivity contribution < 1.29 is 4.39 Å². The van der Waals surface area contributed by atoms with Crippen molar-refractivity contribution >= 4 is 17.3 Å². The Morgan fingerprint density at radius 1 is 1.11 bits per heavy atom. The highest BCUT2D eigenvalue weighted by molar-refractivity contribution is 6.17. The van der Waals surface area contributed by atoms with Crippen molar-refractivity contribution in [3.8, 4) is 0 Å². The molecule has 0 aliphatic heterocycles. The first-order valence-corrected chi connectivity index (χ1v) is 7.36. The number of nitrogens with zero attached hydrogens (tertiary/aromatic N) is 1. The van der Waals surface area contributed by atoms with E-state index in [1.165, 1.54) is 6.07 Å². The van der Waals surface area contributed by atoms with Gasteiger partial charge in [0.15, 0.2) is 0 Å². The Hall–Kier alpha value is -0.760. The van der Waals surface area contributed by atoms with Crippen LogP contribution >= 0.6 is 11.6 Å². The summed E-state index contributed by atoms with van der Waals surface area (Å²) in [5.41, 5.74) is 1.60. The van der Waals surface area contributed by atoms with E-state index in [1.807, 2.05) is 6.07 Å². The first kappa shape index (κ1) is 15.3. The van der Waals surface area contributed by atoms with E-state index in [0.717, 1.165) is 44.3 Å². The molecular formula is C15H23ClFN. The molecule has 0 aromatic heterocycles. The van der Waals surface area contributed by atoms with Crippen LogP contribution in [-0.2, 0) is 5.88 Å². The average molecular weight is 272 g/mol. The van der Waals surface area contributed by atoms with Crippen LogP contribution in [0.4, 0.5) is 10.1 Å². The standard InChI is InChI=1S/C15H23ClFN/c1-3-5-10-18(11-6-4-2)15-13(12-16)8-7-9-14(15)17/h7-9H,3-6,10-12H2,1-2H3. The number of benzene rings is 1. The molecule has 18 heavy (non-hydrogen) atoms. The summed E-state index contributed by atoms with van der Waals surface area (Å²) in [4.78, 5) is 2.15. The van der Waals surface area contributed by atoms with Crippen molar-refractivity contribution in [2.45, 2.75) is 45.4 Å². The zero-order valence-corrected chi connectivity index (χ0v) is 12.1. The van der Waals surface area contributed by atoms with E-state index < -0.39 is 0 Å². The lowest BCUT2D eigenvalue weighted by molar-refractivity contribution is 0.603. The number of para-hydroxylation sites is 1. The summed E-state index contributed by atoms with van der Waals surface area (Å²) >= 11 is 5.92. The van der Waals surface area contributed by atoms with E-state index in [2.05, 4.69) is 18.7 Å². The molecule has 3 heteroatoms. The minimum absolute atomic E-state index is 0.152. The lowest BCUT2D eigenvalue weighted by Crippen LogP contribution is -2.27. The molecule has 0 heterocycles. The molecule has 1 rings (SSSR count). The fourth-order valence-electron chi connectivity index (χ4n) is 2.06. The summed E-state index contributed by atoms with van der Waals surface area (Å²) in [6, 6.07) is 5.17. The van der Waals surface area contributed by atoms with Crippen LogP contribution in [0.1, 0.15) is 45.1 Å². The molecule has 0 unspecified atom stereocenters. The Morgan fingerprint density at radius 2 is 1.72 bits per heavy atom. The van der Waals surface area contributed by atoms with Gasteiger partial charge >= 0.3 is 0 Å². The largest absolute Gasteiger partial charge is 0.369 e. The highest BCUT2D eigenvalue weighted by Gasteiger charge is 2.14. The predicted octanol–water partition coefficient (Wildman–Crippen LogP) is 4.97. The fraction of sp³-hybridized carbons (Fsp3) is 0.600. The highest BCUT2D eigenvalue weighted by atomic mass is 35.5. The summed E-state index contributed by atoms with van der Waals surface area (Å²) < 4.78 is 14.0. The molecule has 102 valence electrons. The Kier molecular flexibility index (Phi) is 7.11. The average Bonchev–Trinajstić information content (AvgIpc) is 2.39. The second-order valence-corrected chi connectivity index (χ2v) is 4.84. The molecule has 1 aromatic rings. The number of hydrogen-bond acceptors (Lipinski definition) is 1. The summed E-state index contributed by atoms with van der Waals surface area (Å²) in [6.45, 7) is 6.12. The highest BCUT2D eigenvalue weighted by Crippen LogP contribution is 2.26. The monoisotopic (exact) mass is 271 g/mol. The fourth-order valence-corrected chi connectivity index (χ4v) is 2.27. The molecule has 0 spiro atoms. The maximum Gasteiger partial charge on any atom is 0.146 e. The molecule has 0 atom stereocenters. The summed E-state index contributed by atoms with van der Waals surface area (Å²) in [5, 5.41) is 0. The SMILES string of the molecule is CCCCN(CCCC)c1c(F)cccc1CCl. The molecule has 0 aliphatic rings. The van der Waals surface area contributed by atoms with Crippen LogP contribution < -0.4 is 4.90 Å². The molecule has 1 nitrogen and oxygen atoms in total. The second-order valence-electron chi connectivity index (χ2n) is 4.58. The molecule has 0 amide bonds. The zero-order chi connectivity index (χ0) is 13.4. The van der Waals surface area contributed by atoms with E-state index in [-0.39, 0.29) is 5.82 Å². The summed E-state index contributed by atoms with van der Waals surface area (Å²) in [6.07, 6.45) is 4.40. The Labute approximate surface area is 115 Å². The van der Waals surface area contributed by atoms with Crippen molar-refractivity contribution in [3.05, 3.63) is 29.6 Å². The molecule has 0 saturated heterocycles. The van der Waals surface area contributed by atoms with Crippen molar-refractivity contribution in [1.29, 1.82) is 0 Å². The molecule has 0 radical (unpaired) electrons. The maximum atomic E-state index is 14.0. The van der Waals surface area contributed by atoms with Gasteiger partial charge in [0.05, 0.1) is 5.69 Å². The van der Waals surface area contributed by atoms with E-state index in [4.69, 9.17) is 11.6 Å². The van der Waals surface area contributed by atoms with Crippen molar-refractivity contribution in [2.24, 2.45) is 0 Å². The van der Waals surface area contributed by atoms with Gasteiger partial charge in [-0.15, -0.1) is 11.6 Å². The molecular weight excluding hydrogens is 249 g/mol. The maximum absolute atomic E-state index is 14.0. The third-order valence-electron chi connectivity index (χ3n) is 3.09. The number of rotatable bonds is 8. The number of anilines is 1. The van der Waals surface area contributed by atoms with Gasteiger partial charge in [0.25, 0.3) is 0 Å². The minimum Gasteiger partial charge on any atom is -0.369 e. The van der Waals surface area contributed by atoms with Crippen LogP contribution in [0.25, 0.3) is 0 Å². The van der Waals surface area contributed by atoms with Gasteiger partial charge in [0, 0.05) is 19.0 Å². The van der Waals surface area contributed by atoms with Crippen molar-refractivity contribution in [3.63, 3.8) is 0 Å². The topological polar surface area (TPSA) is 3.24 Å². The minimum atomic E-state index is -0.152. The van der Waals surface area contributed by atoms with E-state index in [9.17, 15) is 4.39 Å². The molecule has 1 aromatic carbocycles. The predicted molar refractivity (Wildman–Crippen MR) is 78.0 cm³/mol. The van der Waals surface area contributed by atoms with Gasteiger partial charge in [-0.25, -0.2) is 4.39 Å². The first-order chi connectivity index (χ1) is 8.74. The Bertz CT molecular complexity index is 346. The molecule has 0 bridgehead atoms. The van der Waals surface area contributed by atoms with E-state index in [1.54, 1.807) is 6.07 Å². The van der Waals surface area contributed by atoms with Crippen LogP contribution in [0.3, 0.4) is 0 Å². The number of alkyl halides is 1. The van der Waals surface area contributed by atoms with Crippen molar-refractivity contribution in [1.82, 2.24) is 0 Å². The van der Waals surface area contributed by atoms with Crippen LogP contribution in [-0.4, -0.2) is 13.1 Å². The van der Waals surface area contributed by atoms with Crippen LogP contribution in [0.2, 0.25) is 0 Å². The van der Waals surface area contributed by atoms with Gasteiger partial charge in [-0.2, -0.15) is 0 Å². The van der Waals surface area contributed by atoms with E-state index in [0.29, 0.717) is 11.6 Å². The summed E-state index contributed by atoms with van der Waals surface area (Å²) in [7, 11) is 0. The van der Waals surface area contributed by atoms with Gasteiger partial charge in [-0.3, -0.25) is 0 Å². The molecule has 0 N–H and O–H groups in total. The number of unbranched alkanes of at least 4 members (excludes halogenated alkanes) is 2. The summed E-state index contributed by atoms with van der Waals surface area (Å²) in [5.74, 6) is 0.210. The normalized spacial score (nSPS) is 10.7. The van der Waals surface area contributed by atoms with Crippen LogP contribution in [0.15, 0.2) is 18.2 Å². The second kappa shape index (κ2) is 8.36. The molecule has 0 aliphatic carbocycles. The number of halogens is 2. The Balaban J connectivity index is 2.94. The smallest absolute Gasteiger partial charge is 0.146 e. The van der Waals surface area contributed by atoms with Crippen LogP contribution in [0, 0.1) is 5.82 Å². The quantitative estimate of drug-likeness (QED) is 0.603. The number of hydrogen-bond donors (Lipinski definition) is 0. The molecule has 0 fully saturated rings. The van der Waals surface area contributed by atoms with Gasteiger partial charge in [0.2, 0.25) is 0 Å². The van der Waals surface area contributed by atoms with Gasteiger partial charge in [-0.1, -0.05) is 38.8 Å². The Morgan fingerprint density at radius 3 is 2.22 bits per heavy atom. The van der Waals surface area contributed by atoms with Gasteiger partial charge in [0.1, 0.15) is 5.82 Å². The molecule has 0 saturated carbocycles. The van der Waals surface area contributed by atoms with Crippen molar-refractivity contribution in [2.75, 3.05) is 18.0 Å². The first-order valence-electron chi connectivity index (χ1n) is 6.82. The lowest BCUT2D eigenvalue weighted by atomic mass is 10.1. The third kappa shape index (κ3) is 4.16. The van der Waals surface area contributed by atoms with Gasteiger partial charge in [-0.05, 0) is 24.5 Å².